The van der Waals surface area contributed by atoms with E-state index in [4.69, 9.17) is 26.9 Å². The normalized spacial score (nSPS) is 9.92. The third kappa shape index (κ3) is 8.11. The minimum Gasteiger partial charge on any atom is -0.463 e. The molecule has 0 rings (SSSR count). The molecular formula is C7H12Cl2O2Si. The summed E-state index contributed by atoms with van der Waals surface area (Å²) in [7, 11) is -1.46. The van der Waals surface area contributed by atoms with Crippen molar-refractivity contribution in [2.75, 3.05) is 6.61 Å². The van der Waals surface area contributed by atoms with Crippen LogP contribution in [0.5, 0.6) is 0 Å². The van der Waals surface area contributed by atoms with Crippen molar-refractivity contribution in [1.82, 2.24) is 0 Å². The van der Waals surface area contributed by atoms with Crippen LogP contribution in [0.4, 0.5) is 0 Å². The number of carbonyl (C=O) groups excluding carboxylic acids is 1. The molecule has 0 aromatic rings. The molecule has 5 heteroatoms. The number of hydrogen-bond acceptors (Lipinski definition) is 2. The van der Waals surface area contributed by atoms with Crippen molar-refractivity contribution in [1.29, 1.82) is 0 Å². The van der Waals surface area contributed by atoms with Gasteiger partial charge in [-0.2, -0.15) is 22.2 Å². The molecule has 0 bridgehead atoms. The van der Waals surface area contributed by atoms with Crippen LogP contribution in [0.1, 0.15) is 12.8 Å². The molecule has 2 nitrogen and oxygen atoms in total. The summed E-state index contributed by atoms with van der Waals surface area (Å²) in [6.07, 6.45) is 2.90. The maximum atomic E-state index is 10.5. The third-order valence-corrected chi connectivity index (χ3v) is 3.38. The third-order valence-electron chi connectivity index (χ3n) is 1.23. The summed E-state index contributed by atoms with van der Waals surface area (Å²) < 4.78 is 4.75. The molecule has 0 saturated heterocycles. The first-order valence-electron chi connectivity index (χ1n) is 3.74. The van der Waals surface area contributed by atoms with Gasteiger partial charge in [0.05, 0.1) is 6.61 Å². The standard InChI is InChI=1S/C7H12Cl2O2Si/c1-2-7(10)11-5-3-4-6-12(8)9/h2,12H,1,3-6H2. The van der Waals surface area contributed by atoms with Gasteiger partial charge in [0.1, 0.15) is 0 Å². The largest absolute Gasteiger partial charge is 0.463 e. The second-order valence-corrected chi connectivity index (χ2v) is 7.45. The Kier molecular flexibility index (Phi) is 7.65. The van der Waals surface area contributed by atoms with Crippen LogP contribution in [0.15, 0.2) is 12.7 Å². The molecule has 0 aromatic heterocycles. The Hall–Kier alpha value is 0.00688. The Labute approximate surface area is 83.5 Å². The number of halogens is 2. The topological polar surface area (TPSA) is 26.3 Å². The minimum absolute atomic E-state index is 0.374. The van der Waals surface area contributed by atoms with Crippen molar-refractivity contribution in [3.05, 3.63) is 12.7 Å². The summed E-state index contributed by atoms with van der Waals surface area (Å²) in [5.74, 6) is -0.374. The van der Waals surface area contributed by atoms with E-state index in [1.807, 2.05) is 0 Å². The highest BCUT2D eigenvalue weighted by Crippen LogP contribution is 2.08. The predicted octanol–water partition coefficient (Wildman–Crippen LogP) is 2.19. The number of esters is 1. The average molecular weight is 227 g/mol. The maximum Gasteiger partial charge on any atom is 0.330 e. The van der Waals surface area contributed by atoms with Gasteiger partial charge in [-0.25, -0.2) is 4.79 Å². The van der Waals surface area contributed by atoms with Crippen molar-refractivity contribution < 1.29 is 9.53 Å². The van der Waals surface area contributed by atoms with Gasteiger partial charge in [-0.15, -0.1) is 0 Å². The van der Waals surface area contributed by atoms with Gasteiger partial charge >= 0.3 is 5.97 Å². The molecule has 70 valence electrons. The van der Waals surface area contributed by atoms with Gasteiger partial charge in [-0.3, -0.25) is 0 Å². The smallest absolute Gasteiger partial charge is 0.330 e. The van der Waals surface area contributed by atoms with E-state index >= 15 is 0 Å². The summed E-state index contributed by atoms with van der Waals surface area (Å²) in [4.78, 5) is 10.5. The number of carbonyl (C=O) groups is 1. The van der Waals surface area contributed by atoms with Crippen molar-refractivity contribution in [2.24, 2.45) is 0 Å². The van der Waals surface area contributed by atoms with E-state index in [1.54, 1.807) is 0 Å². The lowest BCUT2D eigenvalue weighted by Crippen LogP contribution is -2.02. The molecular weight excluding hydrogens is 215 g/mol. The van der Waals surface area contributed by atoms with Crippen molar-refractivity contribution in [2.45, 2.75) is 18.9 Å². The lowest BCUT2D eigenvalue weighted by molar-refractivity contribution is -0.137. The van der Waals surface area contributed by atoms with Crippen LogP contribution < -0.4 is 0 Å². The second-order valence-electron chi connectivity index (χ2n) is 2.26. The van der Waals surface area contributed by atoms with E-state index in [-0.39, 0.29) is 5.97 Å². The zero-order valence-electron chi connectivity index (χ0n) is 6.76. The molecule has 0 aliphatic rings. The number of hydrogen-bond donors (Lipinski definition) is 0. The lowest BCUT2D eigenvalue weighted by Gasteiger charge is -2.01. The molecule has 0 amide bonds. The highest BCUT2D eigenvalue weighted by Gasteiger charge is 2.01. The first kappa shape index (κ1) is 12.0. The number of rotatable bonds is 6. The molecule has 0 aromatic carbocycles. The summed E-state index contributed by atoms with van der Waals surface area (Å²) >= 11 is 11.3. The van der Waals surface area contributed by atoms with E-state index in [1.165, 1.54) is 0 Å². The zero-order chi connectivity index (χ0) is 9.40. The molecule has 0 N–H and O–H groups in total. The Morgan fingerprint density at radius 2 is 2.17 bits per heavy atom. The van der Waals surface area contributed by atoms with Gasteiger partial charge in [0, 0.05) is 6.08 Å². The SMILES string of the molecule is C=CC(=O)OCCCC[SiH](Cl)Cl. The van der Waals surface area contributed by atoms with Gasteiger partial charge in [-0.05, 0) is 12.5 Å². The van der Waals surface area contributed by atoms with Gasteiger partial charge in [0.2, 0.25) is 7.42 Å². The van der Waals surface area contributed by atoms with E-state index in [0.29, 0.717) is 6.61 Å². The van der Waals surface area contributed by atoms with Crippen LogP contribution in [0, 0.1) is 0 Å². The second kappa shape index (κ2) is 7.65. The zero-order valence-corrected chi connectivity index (χ0v) is 9.43. The van der Waals surface area contributed by atoms with Crippen LogP contribution in [-0.4, -0.2) is 20.0 Å². The molecule has 0 radical (unpaired) electrons. The molecule has 12 heavy (non-hydrogen) atoms. The van der Waals surface area contributed by atoms with E-state index < -0.39 is 7.42 Å². The highest BCUT2D eigenvalue weighted by molar-refractivity contribution is 7.33. The molecule has 0 atom stereocenters. The van der Waals surface area contributed by atoms with Gasteiger partial charge in [-0.1, -0.05) is 13.0 Å². The summed E-state index contributed by atoms with van der Waals surface area (Å²) in [6, 6.07) is 0.870. The van der Waals surface area contributed by atoms with Crippen molar-refractivity contribution >= 4 is 35.5 Å². The van der Waals surface area contributed by atoms with E-state index in [2.05, 4.69) is 6.58 Å². The Bertz CT molecular complexity index is 150. The fourth-order valence-electron chi connectivity index (χ4n) is 0.632. The van der Waals surface area contributed by atoms with Crippen molar-refractivity contribution in [3.8, 4) is 0 Å². The fraction of sp³-hybridized carbons (Fsp3) is 0.571. The quantitative estimate of drug-likeness (QED) is 0.228. The Morgan fingerprint density at radius 1 is 1.50 bits per heavy atom. The number of ether oxygens (including phenoxy) is 1. The minimum atomic E-state index is -1.46. The Balaban J connectivity index is 3.11. The molecule has 0 spiro atoms. The Morgan fingerprint density at radius 3 is 2.67 bits per heavy atom. The van der Waals surface area contributed by atoms with Gasteiger partial charge in [0.15, 0.2) is 0 Å². The van der Waals surface area contributed by atoms with Crippen LogP contribution in [0.3, 0.4) is 0 Å². The molecule has 0 saturated carbocycles. The molecule has 0 fully saturated rings. The first-order chi connectivity index (χ1) is 5.66. The van der Waals surface area contributed by atoms with Crippen LogP contribution in [-0.2, 0) is 9.53 Å². The molecule has 0 heterocycles. The number of unbranched alkanes of at least 4 members (excludes halogenated alkanes) is 1. The van der Waals surface area contributed by atoms with Crippen LogP contribution in [0.25, 0.3) is 0 Å². The summed E-state index contributed by atoms with van der Waals surface area (Å²) in [6.45, 7) is 3.71. The summed E-state index contributed by atoms with van der Waals surface area (Å²) in [5.41, 5.74) is 0. The maximum absolute atomic E-state index is 10.5. The van der Waals surface area contributed by atoms with Gasteiger partial charge < -0.3 is 4.74 Å². The van der Waals surface area contributed by atoms with E-state index in [9.17, 15) is 4.79 Å². The summed E-state index contributed by atoms with van der Waals surface area (Å²) in [5, 5.41) is 0. The molecule has 0 aliphatic heterocycles. The van der Waals surface area contributed by atoms with Crippen LogP contribution in [0.2, 0.25) is 6.04 Å². The first-order valence-corrected chi connectivity index (χ1v) is 8.05. The van der Waals surface area contributed by atoms with Gasteiger partial charge in [0.25, 0.3) is 0 Å². The predicted molar refractivity (Wildman–Crippen MR) is 54.1 cm³/mol. The average Bonchev–Trinajstić information content (AvgIpc) is 2.03. The molecule has 0 aliphatic carbocycles. The van der Waals surface area contributed by atoms with Crippen LogP contribution >= 0.6 is 22.2 Å². The lowest BCUT2D eigenvalue weighted by atomic mass is 10.4. The van der Waals surface area contributed by atoms with Crippen molar-refractivity contribution in [3.63, 3.8) is 0 Å². The van der Waals surface area contributed by atoms with E-state index in [0.717, 1.165) is 25.0 Å². The highest BCUT2D eigenvalue weighted by atomic mass is 35.7. The molecule has 0 unspecified atom stereocenters. The fourth-order valence-corrected chi connectivity index (χ4v) is 2.16. The monoisotopic (exact) mass is 226 g/mol.